The first-order valence-corrected chi connectivity index (χ1v) is 14.2. The van der Waals surface area contributed by atoms with E-state index < -0.39 is 35.3 Å². The van der Waals surface area contributed by atoms with Crippen LogP contribution in [-0.2, 0) is 26.0 Å². The van der Waals surface area contributed by atoms with Crippen LogP contribution in [0.5, 0.6) is 5.75 Å². The van der Waals surface area contributed by atoms with Crippen LogP contribution in [-0.4, -0.2) is 42.0 Å². The molecule has 0 radical (unpaired) electrons. The normalized spacial score (nSPS) is 16.4. The van der Waals surface area contributed by atoms with Crippen molar-refractivity contribution in [1.82, 2.24) is 0 Å². The van der Waals surface area contributed by atoms with Crippen molar-refractivity contribution in [2.75, 3.05) is 23.9 Å². The minimum atomic E-state index is -4.56. The molecule has 1 spiro atoms. The molecule has 0 saturated heterocycles. The van der Waals surface area contributed by atoms with Gasteiger partial charge in [0.1, 0.15) is 11.8 Å². The summed E-state index contributed by atoms with van der Waals surface area (Å²) >= 11 is 6.13. The highest BCUT2D eigenvalue weighted by Gasteiger charge is 2.54. The number of rotatable bonds is 9. The van der Waals surface area contributed by atoms with Gasteiger partial charge in [-0.3, -0.25) is 4.79 Å². The Bertz CT molecular complexity index is 1640. The first-order chi connectivity index (χ1) is 20.6. The Morgan fingerprint density at radius 3 is 2.34 bits per heavy atom. The zero-order chi connectivity index (χ0) is 32.0. The second kappa shape index (κ2) is 11.4. The van der Waals surface area contributed by atoms with Gasteiger partial charge in [-0.1, -0.05) is 35.0 Å². The molecular weight excluding hydrogens is 599 g/mol. The van der Waals surface area contributed by atoms with Crippen LogP contribution in [0, 0.1) is 0 Å². The van der Waals surface area contributed by atoms with Crippen LogP contribution < -0.4 is 15.0 Å². The van der Waals surface area contributed by atoms with Gasteiger partial charge < -0.3 is 24.9 Å². The van der Waals surface area contributed by atoms with Crippen LogP contribution in [0.15, 0.2) is 65.8 Å². The number of methoxy groups -OCH3 is 1. The summed E-state index contributed by atoms with van der Waals surface area (Å²) in [6, 6.07) is 14.3. The Morgan fingerprint density at radius 2 is 1.75 bits per heavy atom. The number of benzene rings is 3. The predicted molar refractivity (Wildman–Crippen MR) is 161 cm³/mol. The smallest absolute Gasteiger partial charge is 0.416 e. The number of anilines is 2. The van der Waals surface area contributed by atoms with Crippen molar-refractivity contribution in [1.29, 1.82) is 0 Å². The number of carboxylic acid groups (broad SMARTS) is 1. The van der Waals surface area contributed by atoms with Gasteiger partial charge in [-0.05, 0) is 81.1 Å². The second-order valence-electron chi connectivity index (χ2n) is 11.6. The number of carboxylic acids is 1. The molecule has 1 aliphatic carbocycles. The number of fused-ring (bicyclic) bond motifs is 2. The largest absolute Gasteiger partial charge is 0.497 e. The highest BCUT2D eigenvalue weighted by atomic mass is 35.5. The maximum absolute atomic E-state index is 14.3. The summed E-state index contributed by atoms with van der Waals surface area (Å²) in [5.41, 5.74) is 0.139. The van der Waals surface area contributed by atoms with E-state index in [2.05, 4.69) is 10.5 Å². The van der Waals surface area contributed by atoms with Gasteiger partial charge in [-0.15, -0.1) is 0 Å². The van der Waals surface area contributed by atoms with Gasteiger partial charge in [-0.2, -0.15) is 13.2 Å². The third kappa shape index (κ3) is 6.19. The molecular formula is C32H31ClF3N3O5. The Labute approximate surface area is 257 Å². The monoisotopic (exact) mass is 629 g/mol. The molecule has 1 heterocycles. The minimum Gasteiger partial charge on any atom is -0.497 e. The first kappa shape index (κ1) is 31.2. The number of ether oxygens (including phenoxy) is 1. The van der Waals surface area contributed by atoms with Gasteiger partial charge in [0.25, 0.3) is 5.91 Å². The van der Waals surface area contributed by atoms with Crippen LogP contribution in [0.25, 0.3) is 0 Å². The van der Waals surface area contributed by atoms with E-state index in [1.165, 1.54) is 31.9 Å². The summed E-state index contributed by atoms with van der Waals surface area (Å²) in [4.78, 5) is 32.5. The van der Waals surface area contributed by atoms with Gasteiger partial charge in [0, 0.05) is 40.0 Å². The van der Waals surface area contributed by atoms with Crippen molar-refractivity contribution >= 4 is 40.6 Å². The second-order valence-corrected chi connectivity index (χ2v) is 12.0. The molecule has 0 aromatic heterocycles. The van der Waals surface area contributed by atoms with E-state index in [1.54, 1.807) is 49.4 Å². The fourth-order valence-corrected chi connectivity index (χ4v) is 5.30. The number of halogens is 4. The number of oxime groups is 1. The minimum absolute atomic E-state index is 0.260. The van der Waals surface area contributed by atoms with E-state index in [-0.39, 0.29) is 17.6 Å². The lowest BCUT2D eigenvalue weighted by Crippen LogP contribution is -2.38. The fourth-order valence-electron chi connectivity index (χ4n) is 5.18. The summed E-state index contributed by atoms with van der Waals surface area (Å²) in [6.07, 6.45) is -2.99. The first-order valence-electron chi connectivity index (χ1n) is 13.8. The van der Waals surface area contributed by atoms with Crippen LogP contribution in [0.2, 0.25) is 5.02 Å². The number of hydrogen-bond donors (Lipinski definition) is 2. The van der Waals surface area contributed by atoms with E-state index >= 15 is 0 Å². The third-order valence-corrected chi connectivity index (χ3v) is 8.27. The number of aliphatic carboxylic acids is 1. The van der Waals surface area contributed by atoms with Crippen molar-refractivity contribution in [3.05, 3.63) is 87.9 Å². The lowest BCUT2D eigenvalue weighted by molar-refractivity contribution is -0.161. The van der Waals surface area contributed by atoms with E-state index in [0.29, 0.717) is 33.3 Å². The van der Waals surface area contributed by atoms with E-state index in [0.717, 1.165) is 30.5 Å². The molecule has 1 fully saturated rings. The van der Waals surface area contributed by atoms with Gasteiger partial charge in [0.2, 0.25) is 5.60 Å². The van der Waals surface area contributed by atoms with Crippen molar-refractivity contribution < 1.29 is 37.4 Å². The molecule has 2 aliphatic rings. The molecule has 1 aliphatic heterocycles. The molecule has 3 aromatic rings. The summed E-state index contributed by atoms with van der Waals surface area (Å²) in [6.45, 7) is 4.65. The number of nitrogens with zero attached hydrogens (tertiary/aromatic N) is 2. The van der Waals surface area contributed by atoms with E-state index in [1.807, 2.05) is 0 Å². The zero-order valence-corrected chi connectivity index (χ0v) is 25.2. The standard InChI is InChI=1S/C32H31ClF3N3O5/c1-18(38-44-30(2,3)29(41)42)20-13-23(16-24(14-20)43-4)37-27(19-5-8-22(33)9-6-19)28(40)39-17-31(11-12-31)25-10-7-21(15-26(25)39)32(34,35)36/h5-10,13-16,27,37H,11-12,17H2,1-4H3,(H,41,42). The Balaban J connectivity index is 1.53. The summed E-state index contributed by atoms with van der Waals surface area (Å²) < 4.78 is 46.5. The quantitative estimate of drug-likeness (QED) is 0.192. The predicted octanol–water partition coefficient (Wildman–Crippen LogP) is 7.20. The number of nitrogens with one attached hydrogen (secondary N) is 1. The van der Waals surface area contributed by atoms with Crippen molar-refractivity contribution in [3.63, 3.8) is 0 Å². The fraction of sp³-hybridized carbons (Fsp3) is 0.344. The zero-order valence-electron chi connectivity index (χ0n) is 24.5. The maximum Gasteiger partial charge on any atom is 0.416 e. The molecule has 44 heavy (non-hydrogen) atoms. The summed E-state index contributed by atoms with van der Waals surface area (Å²) in [7, 11) is 1.47. The van der Waals surface area contributed by atoms with Crippen LogP contribution in [0.4, 0.5) is 24.5 Å². The van der Waals surface area contributed by atoms with Crippen LogP contribution in [0.1, 0.15) is 61.9 Å². The van der Waals surface area contributed by atoms with Crippen molar-refractivity contribution in [2.24, 2.45) is 5.16 Å². The number of hydrogen-bond acceptors (Lipinski definition) is 6. The van der Waals surface area contributed by atoms with Crippen LogP contribution in [0.3, 0.4) is 0 Å². The van der Waals surface area contributed by atoms with Crippen molar-refractivity contribution in [3.8, 4) is 5.75 Å². The summed E-state index contributed by atoms with van der Waals surface area (Å²) in [5.74, 6) is -1.21. The molecule has 1 atom stereocenters. The molecule has 1 unspecified atom stereocenters. The average Bonchev–Trinajstić information content (AvgIpc) is 3.69. The number of carbonyl (C=O) groups excluding carboxylic acids is 1. The SMILES string of the molecule is COc1cc(NC(C(=O)N2CC3(CC3)c3ccc(C(F)(F)F)cc32)c2ccc(Cl)cc2)cc(C(C)=NOC(C)(C)C(=O)O)c1. The Hall–Kier alpha value is -4.25. The highest BCUT2D eigenvalue weighted by molar-refractivity contribution is 6.30. The number of alkyl halides is 3. The van der Waals surface area contributed by atoms with Gasteiger partial charge >= 0.3 is 12.1 Å². The lowest BCUT2D eigenvalue weighted by atomic mass is 9.97. The topological polar surface area (TPSA) is 100 Å². The molecule has 5 rings (SSSR count). The molecule has 0 bridgehead atoms. The maximum atomic E-state index is 14.3. The molecule has 3 aromatic carbocycles. The lowest BCUT2D eigenvalue weighted by Gasteiger charge is -2.27. The van der Waals surface area contributed by atoms with Gasteiger partial charge in [0.05, 0.1) is 18.4 Å². The Morgan fingerprint density at radius 1 is 1.07 bits per heavy atom. The molecule has 232 valence electrons. The molecule has 1 saturated carbocycles. The third-order valence-electron chi connectivity index (χ3n) is 8.01. The van der Waals surface area contributed by atoms with Crippen molar-refractivity contribution in [2.45, 2.75) is 56.8 Å². The Kier molecular flexibility index (Phi) is 8.04. The molecule has 1 amide bonds. The highest BCUT2D eigenvalue weighted by Crippen LogP contribution is 2.57. The number of carbonyl (C=O) groups is 2. The summed E-state index contributed by atoms with van der Waals surface area (Å²) in [5, 5.41) is 17.0. The van der Waals surface area contributed by atoms with E-state index in [4.69, 9.17) is 21.2 Å². The van der Waals surface area contributed by atoms with E-state index in [9.17, 15) is 27.9 Å². The molecule has 12 heteroatoms. The van der Waals surface area contributed by atoms with Crippen LogP contribution >= 0.6 is 11.6 Å². The molecule has 2 N–H and O–H groups in total. The van der Waals surface area contributed by atoms with Gasteiger partial charge in [0.15, 0.2) is 0 Å². The average molecular weight is 630 g/mol. The van der Waals surface area contributed by atoms with Gasteiger partial charge in [-0.25, -0.2) is 4.79 Å². The molecule has 8 nitrogen and oxygen atoms in total. The number of amides is 1.